The molecular formula is C14H18Cl2N2O3. The van der Waals surface area contributed by atoms with E-state index in [1.807, 2.05) is 0 Å². The molecule has 7 heteroatoms. The summed E-state index contributed by atoms with van der Waals surface area (Å²) in [5, 5.41) is 15.8. The summed E-state index contributed by atoms with van der Waals surface area (Å²) in [6.07, 6.45) is 1.40. The van der Waals surface area contributed by atoms with E-state index in [2.05, 4.69) is 10.6 Å². The molecule has 1 aliphatic heterocycles. The van der Waals surface area contributed by atoms with Crippen molar-refractivity contribution in [1.29, 1.82) is 0 Å². The van der Waals surface area contributed by atoms with Crippen molar-refractivity contribution >= 4 is 34.8 Å². The van der Waals surface area contributed by atoms with E-state index in [0.29, 0.717) is 25.1 Å². The van der Waals surface area contributed by atoms with E-state index in [1.165, 1.54) is 12.1 Å². The van der Waals surface area contributed by atoms with Crippen molar-refractivity contribution in [3.8, 4) is 5.75 Å². The number of ether oxygens (including phenoxy) is 1. The molecular weight excluding hydrogens is 315 g/mol. The average molecular weight is 333 g/mol. The molecule has 0 radical (unpaired) electrons. The summed E-state index contributed by atoms with van der Waals surface area (Å²) in [4.78, 5) is 12.6. The summed E-state index contributed by atoms with van der Waals surface area (Å²) < 4.78 is 5.23. The number of halogens is 2. The van der Waals surface area contributed by atoms with Gasteiger partial charge in [0.05, 0.1) is 22.1 Å². The van der Waals surface area contributed by atoms with Gasteiger partial charge in [-0.3, -0.25) is 4.79 Å². The minimum Gasteiger partial charge on any atom is -0.505 e. The van der Waals surface area contributed by atoms with Crippen LogP contribution in [0.4, 0.5) is 5.69 Å². The molecule has 1 saturated heterocycles. The summed E-state index contributed by atoms with van der Waals surface area (Å²) in [5.74, 6) is -0.312. The molecule has 0 aliphatic carbocycles. The van der Waals surface area contributed by atoms with E-state index in [0.717, 1.165) is 13.1 Å². The average Bonchev–Trinajstić information content (AvgIpc) is 2.46. The van der Waals surface area contributed by atoms with Crippen molar-refractivity contribution in [2.24, 2.45) is 5.41 Å². The molecule has 1 aromatic carbocycles. The molecule has 116 valence electrons. The Bertz CT molecular complexity index is 502. The first-order chi connectivity index (χ1) is 9.98. The zero-order chi connectivity index (χ0) is 15.5. The standard InChI is InChI=1S/C14H18Cl2N2O3/c1-21-8-14(2-4-17-5-3-14)13(20)18-9-6-10(15)12(19)11(16)7-9/h6-7,17,19H,2-5,8H2,1H3,(H,18,20). The van der Waals surface area contributed by atoms with Gasteiger partial charge < -0.3 is 20.5 Å². The molecule has 0 saturated carbocycles. The number of rotatable bonds is 4. The number of methoxy groups -OCH3 is 1. The maximum atomic E-state index is 12.6. The largest absolute Gasteiger partial charge is 0.505 e. The summed E-state index contributed by atoms with van der Waals surface area (Å²) >= 11 is 11.7. The number of hydrogen-bond donors (Lipinski definition) is 3. The second kappa shape index (κ2) is 6.83. The fraction of sp³-hybridized carbons (Fsp3) is 0.500. The van der Waals surface area contributed by atoms with Crippen molar-refractivity contribution < 1.29 is 14.6 Å². The van der Waals surface area contributed by atoms with Gasteiger partial charge >= 0.3 is 0 Å². The second-order valence-corrected chi connectivity index (χ2v) is 6.02. The molecule has 3 N–H and O–H groups in total. The van der Waals surface area contributed by atoms with Gasteiger partial charge in [0, 0.05) is 12.8 Å². The molecule has 0 unspecified atom stereocenters. The molecule has 0 spiro atoms. The van der Waals surface area contributed by atoms with Crippen LogP contribution in [0.2, 0.25) is 10.0 Å². The first kappa shape index (κ1) is 16.4. The maximum Gasteiger partial charge on any atom is 0.233 e. The number of carbonyl (C=O) groups is 1. The van der Waals surface area contributed by atoms with E-state index in [4.69, 9.17) is 27.9 Å². The van der Waals surface area contributed by atoms with Gasteiger partial charge in [0.1, 0.15) is 0 Å². The number of benzene rings is 1. The number of phenols is 1. The van der Waals surface area contributed by atoms with Crippen LogP contribution in [-0.4, -0.2) is 37.8 Å². The van der Waals surface area contributed by atoms with Crippen LogP contribution in [0.1, 0.15) is 12.8 Å². The van der Waals surface area contributed by atoms with Crippen molar-refractivity contribution in [3.05, 3.63) is 22.2 Å². The minimum absolute atomic E-state index is 0.101. The number of phenolic OH excluding ortho intramolecular Hbond substituents is 1. The fourth-order valence-electron chi connectivity index (χ4n) is 2.52. The van der Waals surface area contributed by atoms with E-state index < -0.39 is 5.41 Å². The Kier molecular flexibility index (Phi) is 5.32. The van der Waals surface area contributed by atoms with Gasteiger partial charge in [-0.25, -0.2) is 0 Å². The fourth-order valence-corrected chi connectivity index (χ4v) is 3.01. The number of carbonyl (C=O) groups excluding carboxylic acids is 1. The lowest BCUT2D eigenvalue weighted by atomic mass is 9.78. The number of anilines is 1. The Morgan fingerprint density at radius 1 is 1.38 bits per heavy atom. The monoisotopic (exact) mass is 332 g/mol. The quantitative estimate of drug-likeness (QED) is 0.741. The molecule has 1 heterocycles. The summed E-state index contributed by atoms with van der Waals surface area (Å²) in [6.45, 7) is 1.90. The van der Waals surface area contributed by atoms with Gasteiger partial charge in [-0.2, -0.15) is 0 Å². The van der Waals surface area contributed by atoms with Crippen LogP contribution < -0.4 is 10.6 Å². The highest BCUT2D eigenvalue weighted by Gasteiger charge is 2.39. The van der Waals surface area contributed by atoms with Gasteiger partial charge in [-0.15, -0.1) is 0 Å². The highest BCUT2D eigenvalue weighted by Crippen LogP contribution is 2.36. The molecule has 0 bridgehead atoms. The van der Waals surface area contributed by atoms with E-state index in [9.17, 15) is 9.90 Å². The van der Waals surface area contributed by atoms with E-state index in [-0.39, 0.29) is 21.7 Å². The predicted molar refractivity (Wildman–Crippen MR) is 83.2 cm³/mol. The summed E-state index contributed by atoms with van der Waals surface area (Å²) in [5.41, 5.74) is -0.0987. The van der Waals surface area contributed by atoms with Crippen LogP contribution in [0, 0.1) is 5.41 Å². The van der Waals surface area contributed by atoms with Gasteiger partial charge in [-0.1, -0.05) is 23.2 Å². The number of hydrogen-bond acceptors (Lipinski definition) is 4. The maximum absolute atomic E-state index is 12.6. The van der Waals surface area contributed by atoms with Gasteiger partial charge in [0.2, 0.25) is 5.91 Å². The summed E-state index contributed by atoms with van der Waals surface area (Å²) in [6, 6.07) is 2.95. The normalized spacial score (nSPS) is 17.5. The van der Waals surface area contributed by atoms with Gasteiger partial charge in [0.25, 0.3) is 0 Å². The van der Waals surface area contributed by atoms with Crippen LogP contribution in [0.15, 0.2) is 12.1 Å². The Hall–Kier alpha value is -1.01. The molecule has 1 fully saturated rings. The topological polar surface area (TPSA) is 70.6 Å². The Balaban J connectivity index is 2.19. The SMILES string of the molecule is COCC1(C(=O)Nc2cc(Cl)c(O)c(Cl)c2)CCNCC1. The Labute approximate surface area is 133 Å². The van der Waals surface area contributed by atoms with E-state index >= 15 is 0 Å². The van der Waals surface area contributed by atoms with Crippen molar-refractivity contribution in [2.45, 2.75) is 12.8 Å². The van der Waals surface area contributed by atoms with Gasteiger partial charge in [-0.05, 0) is 38.1 Å². The third-order valence-electron chi connectivity index (χ3n) is 3.74. The summed E-state index contributed by atoms with van der Waals surface area (Å²) in [7, 11) is 1.59. The second-order valence-electron chi connectivity index (χ2n) is 5.21. The highest BCUT2D eigenvalue weighted by molar-refractivity contribution is 6.37. The number of piperidine rings is 1. The van der Waals surface area contributed by atoms with Crippen LogP contribution >= 0.6 is 23.2 Å². The molecule has 2 rings (SSSR count). The highest BCUT2D eigenvalue weighted by atomic mass is 35.5. The number of nitrogens with one attached hydrogen (secondary N) is 2. The van der Waals surface area contributed by atoms with Crippen molar-refractivity contribution in [1.82, 2.24) is 5.32 Å². The predicted octanol–water partition coefficient (Wildman–Crippen LogP) is 2.65. The lowest BCUT2D eigenvalue weighted by molar-refractivity contribution is -0.130. The van der Waals surface area contributed by atoms with Crippen molar-refractivity contribution in [3.63, 3.8) is 0 Å². The smallest absolute Gasteiger partial charge is 0.233 e. The lowest BCUT2D eigenvalue weighted by Crippen LogP contribution is -2.47. The first-order valence-electron chi connectivity index (χ1n) is 6.68. The Morgan fingerprint density at radius 2 is 1.95 bits per heavy atom. The molecule has 0 atom stereocenters. The van der Waals surface area contributed by atoms with Crippen LogP contribution in [-0.2, 0) is 9.53 Å². The minimum atomic E-state index is -0.559. The van der Waals surface area contributed by atoms with Crippen LogP contribution in [0.25, 0.3) is 0 Å². The zero-order valence-corrected chi connectivity index (χ0v) is 13.2. The lowest BCUT2D eigenvalue weighted by Gasteiger charge is -2.35. The van der Waals surface area contributed by atoms with Crippen molar-refractivity contribution in [2.75, 3.05) is 32.1 Å². The van der Waals surface area contributed by atoms with E-state index in [1.54, 1.807) is 7.11 Å². The molecule has 1 amide bonds. The Morgan fingerprint density at radius 3 is 2.48 bits per heavy atom. The van der Waals surface area contributed by atoms with Gasteiger partial charge in [0.15, 0.2) is 5.75 Å². The molecule has 1 aromatic rings. The molecule has 21 heavy (non-hydrogen) atoms. The number of amides is 1. The van der Waals surface area contributed by atoms with Crippen LogP contribution in [0.5, 0.6) is 5.75 Å². The molecule has 5 nitrogen and oxygen atoms in total. The van der Waals surface area contributed by atoms with Crippen LogP contribution in [0.3, 0.4) is 0 Å². The first-order valence-corrected chi connectivity index (χ1v) is 7.43. The molecule has 0 aromatic heterocycles. The third-order valence-corrected chi connectivity index (χ3v) is 4.31. The number of aromatic hydroxyl groups is 1. The third kappa shape index (κ3) is 3.61. The zero-order valence-electron chi connectivity index (χ0n) is 11.7. The molecule has 1 aliphatic rings.